The molecule has 1 heterocycles. The van der Waals surface area contributed by atoms with E-state index in [9.17, 15) is 4.79 Å². The van der Waals surface area contributed by atoms with Gasteiger partial charge in [0.05, 0.1) is 7.11 Å². The van der Waals surface area contributed by atoms with Crippen LogP contribution in [0.2, 0.25) is 0 Å². The standard InChI is InChI=1S/C32H42N2O2/c1-3-4-6-10-26-11-9-12-28(23-26)25-34(32(35)29-13-7-5-8-14-29)30-19-21-33(22-20-30)24-27-15-17-31(36-2)18-16-27/h9,11-12,15-18,23,29-30H,3-5,7-8,13-14,19-22,24-25H2,1-2H3. The molecule has 1 saturated heterocycles. The number of benzene rings is 2. The number of carbonyl (C=O) groups excluding carboxylic acids is 1. The van der Waals surface area contributed by atoms with Crippen molar-refractivity contribution >= 4 is 5.91 Å². The van der Waals surface area contributed by atoms with Crippen LogP contribution in [0.5, 0.6) is 5.75 Å². The second-order valence-corrected chi connectivity index (χ2v) is 10.4. The molecule has 1 amide bonds. The first-order chi connectivity index (χ1) is 17.7. The molecule has 4 heteroatoms. The van der Waals surface area contributed by atoms with E-state index in [1.807, 2.05) is 12.1 Å². The summed E-state index contributed by atoms with van der Waals surface area (Å²) in [7, 11) is 1.70. The van der Waals surface area contributed by atoms with Crippen LogP contribution < -0.4 is 4.74 Å². The predicted molar refractivity (Wildman–Crippen MR) is 147 cm³/mol. The summed E-state index contributed by atoms with van der Waals surface area (Å²) in [5, 5.41) is 0. The minimum Gasteiger partial charge on any atom is -0.497 e. The molecule has 2 aliphatic rings. The zero-order chi connectivity index (χ0) is 25.2. The number of methoxy groups -OCH3 is 1. The highest BCUT2D eigenvalue weighted by atomic mass is 16.5. The number of carbonyl (C=O) groups is 1. The van der Waals surface area contributed by atoms with Crippen molar-refractivity contribution in [1.29, 1.82) is 0 Å². The number of hydrogen-bond donors (Lipinski definition) is 0. The van der Waals surface area contributed by atoms with Crippen LogP contribution in [0.4, 0.5) is 0 Å². The Morgan fingerprint density at radius 3 is 2.44 bits per heavy atom. The number of amides is 1. The van der Waals surface area contributed by atoms with Crippen molar-refractivity contribution in [3.8, 4) is 17.6 Å². The number of ether oxygens (including phenoxy) is 1. The fourth-order valence-corrected chi connectivity index (χ4v) is 5.58. The molecule has 0 aromatic heterocycles. The number of hydrogen-bond acceptors (Lipinski definition) is 3. The predicted octanol–water partition coefficient (Wildman–Crippen LogP) is 6.42. The van der Waals surface area contributed by atoms with Crippen molar-refractivity contribution < 1.29 is 9.53 Å². The van der Waals surface area contributed by atoms with Gasteiger partial charge >= 0.3 is 0 Å². The van der Waals surface area contributed by atoms with E-state index in [0.29, 0.717) is 18.5 Å². The lowest BCUT2D eigenvalue weighted by Gasteiger charge is -2.40. The molecule has 0 bridgehead atoms. The molecule has 1 aliphatic heterocycles. The summed E-state index contributed by atoms with van der Waals surface area (Å²) in [6.07, 6.45) is 9.81. The highest BCUT2D eigenvalue weighted by molar-refractivity contribution is 5.79. The van der Waals surface area contributed by atoms with Crippen molar-refractivity contribution in [2.45, 2.75) is 83.8 Å². The first kappa shape index (κ1) is 26.3. The minimum absolute atomic E-state index is 0.198. The van der Waals surface area contributed by atoms with Gasteiger partial charge < -0.3 is 9.64 Å². The van der Waals surface area contributed by atoms with E-state index in [0.717, 1.165) is 69.5 Å². The van der Waals surface area contributed by atoms with Crippen molar-refractivity contribution in [2.24, 2.45) is 5.92 Å². The highest BCUT2D eigenvalue weighted by Gasteiger charge is 2.32. The Kier molecular flexibility index (Phi) is 9.87. The maximum Gasteiger partial charge on any atom is 0.226 e. The van der Waals surface area contributed by atoms with E-state index in [1.165, 1.54) is 30.4 Å². The lowest BCUT2D eigenvalue weighted by Crippen LogP contribution is -2.48. The van der Waals surface area contributed by atoms with E-state index in [4.69, 9.17) is 4.74 Å². The molecule has 1 saturated carbocycles. The van der Waals surface area contributed by atoms with Gasteiger partial charge in [0.15, 0.2) is 0 Å². The van der Waals surface area contributed by atoms with Gasteiger partial charge in [0, 0.05) is 50.1 Å². The fraction of sp³-hybridized carbons (Fsp3) is 0.531. The molecule has 0 atom stereocenters. The molecular weight excluding hydrogens is 444 g/mol. The van der Waals surface area contributed by atoms with Crippen LogP contribution in [0.3, 0.4) is 0 Å². The zero-order valence-electron chi connectivity index (χ0n) is 22.2. The zero-order valence-corrected chi connectivity index (χ0v) is 22.2. The third kappa shape index (κ3) is 7.37. The van der Waals surface area contributed by atoms with Crippen molar-refractivity contribution in [2.75, 3.05) is 20.2 Å². The van der Waals surface area contributed by atoms with Crippen molar-refractivity contribution in [3.63, 3.8) is 0 Å². The van der Waals surface area contributed by atoms with Crippen LogP contribution >= 0.6 is 0 Å². The first-order valence-corrected chi connectivity index (χ1v) is 13.9. The Morgan fingerprint density at radius 1 is 1.00 bits per heavy atom. The highest BCUT2D eigenvalue weighted by Crippen LogP contribution is 2.29. The molecule has 4 rings (SSSR count). The molecule has 36 heavy (non-hydrogen) atoms. The number of unbranched alkanes of at least 4 members (excludes halogenated alkanes) is 1. The van der Waals surface area contributed by atoms with E-state index in [-0.39, 0.29) is 5.92 Å². The number of nitrogens with zero attached hydrogens (tertiary/aromatic N) is 2. The third-order valence-corrected chi connectivity index (χ3v) is 7.69. The monoisotopic (exact) mass is 486 g/mol. The average molecular weight is 487 g/mol. The van der Waals surface area contributed by atoms with Crippen molar-refractivity contribution in [3.05, 3.63) is 65.2 Å². The molecule has 2 aromatic carbocycles. The molecule has 2 fully saturated rings. The van der Waals surface area contributed by atoms with E-state index in [1.54, 1.807) is 7.11 Å². The second-order valence-electron chi connectivity index (χ2n) is 10.4. The van der Waals surface area contributed by atoms with Crippen LogP contribution in [0.25, 0.3) is 0 Å². The summed E-state index contributed by atoms with van der Waals surface area (Å²) in [5.74, 6) is 8.03. The van der Waals surface area contributed by atoms with Gasteiger partial charge in [0.1, 0.15) is 5.75 Å². The summed E-state index contributed by atoms with van der Waals surface area (Å²) < 4.78 is 5.29. The third-order valence-electron chi connectivity index (χ3n) is 7.69. The van der Waals surface area contributed by atoms with Crippen LogP contribution in [0, 0.1) is 17.8 Å². The van der Waals surface area contributed by atoms with E-state index < -0.39 is 0 Å². The lowest BCUT2D eigenvalue weighted by atomic mass is 9.87. The van der Waals surface area contributed by atoms with Crippen LogP contribution in [0.1, 0.15) is 81.4 Å². The molecule has 192 valence electrons. The summed E-state index contributed by atoms with van der Waals surface area (Å²) in [6.45, 7) is 5.84. The topological polar surface area (TPSA) is 32.8 Å². The number of rotatable bonds is 8. The molecule has 0 spiro atoms. The number of piperidine rings is 1. The Labute approximate surface area is 218 Å². The quantitative estimate of drug-likeness (QED) is 0.404. The SMILES string of the molecule is CCCC#Cc1cccc(CN(C(=O)C2CCCCC2)C2CCN(Cc3ccc(OC)cc3)CC2)c1. The average Bonchev–Trinajstić information content (AvgIpc) is 2.93. The van der Waals surface area contributed by atoms with Crippen molar-refractivity contribution in [1.82, 2.24) is 9.80 Å². The minimum atomic E-state index is 0.198. The van der Waals surface area contributed by atoms with Crippen LogP contribution in [-0.2, 0) is 17.9 Å². The molecule has 4 nitrogen and oxygen atoms in total. The molecular formula is C32H42N2O2. The summed E-state index contributed by atoms with van der Waals surface area (Å²) >= 11 is 0. The lowest BCUT2D eigenvalue weighted by molar-refractivity contribution is -0.140. The Morgan fingerprint density at radius 2 is 1.75 bits per heavy atom. The van der Waals surface area contributed by atoms with Gasteiger partial charge in [0.25, 0.3) is 0 Å². The first-order valence-electron chi connectivity index (χ1n) is 13.9. The Balaban J connectivity index is 1.43. The van der Waals surface area contributed by atoms with Crippen LogP contribution in [0.15, 0.2) is 48.5 Å². The number of likely N-dealkylation sites (tertiary alicyclic amines) is 1. The Hall–Kier alpha value is -2.77. The maximum absolute atomic E-state index is 13.8. The largest absolute Gasteiger partial charge is 0.497 e. The van der Waals surface area contributed by atoms with Gasteiger partial charge in [0.2, 0.25) is 5.91 Å². The van der Waals surface area contributed by atoms with Gasteiger partial charge in [-0.2, -0.15) is 0 Å². The van der Waals surface area contributed by atoms with Gasteiger partial charge in [-0.05, 0) is 67.5 Å². The molecule has 0 N–H and O–H groups in total. The van der Waals surface area contributed by atoms with Gasteiger partial charge in [-0.3, -0.25) is 9.69 Å². The summed E-state index contributed by atoms with van der Waals surface area (Å²) in [4.78, 5) is 18.6. The maximum atomic E-state index is 13.8. The van der Waals surface area contributed by atoms with Gasteiger partial charge in [-0.15, -0.1) is 0 Å². The van der Waals surface area contributed by atoms with E-state index >= 15 is 0 Å². The molecule has 0 unspecified atom stereocenters. The van der Waals surface area contributed by atoms with Crippen LogP contribution in [-0.4, -0.2) is 41.9 Å². The second kappa shape index (κ2) is 13.5. The Bertz CT molecular complexity index is 1020. The van der Waals surface area contributed by atoms with Gasteiger partial charge in [-0.1, -0.05) is 62.3 Å². The van der Waals surface area contributed by atoms with Gasteiger partial charge in [-0.25, -0.2) is 0 Å². The summed E-state index contributed by atoms with van der Waals surface area (Å²) in [5.41, 5.74) is 3.56. The van der Waals surface area contributed by atoms with E-state index in [2.05, 4.69) is 65.0 Å². The fourth-order valence-electron chi connectivity index (χ4n) is 5.58. The normalized spacial score (nSPS) is 17.3. The molecule has 2 aromatic rings. The summed E-state index contributed by atoms with van der Waals surface area (Å²) in [6, 6.07) is 17.2. The molecule has 0 radical (unpaired) electrons. The smallest absolute Gasteiger partial charge is 0.226 e. The molecule has 1 aliphatic carbocycles.